The number of guanidine groups is 1. The standard InChI is InChI=1S/C22H36N6/c1-3-27-13-15-28(16-14-27)21-17-20(10-11-24-21)18-26-22(23-2)25-12-9-19-7-5-4-6-8-19/h7,10-11,17H,3-6,8-9,12-16,18H2,1-2H3,(H2,23,25,26). The highest BCUT2D eigenvalue weighted by molar-refractivity contribution is 5.79. The number of rotatable bonds is 7. The second-order valence-corrected chi connectivity index (χ2v) is 7.65. The number of anilines is 1. The Labute approximate surface area is 170 Å². The number of pyridine rings is 1. The fourth-order valence-corrected chi connectivity index (χ4v) is 3.92. The van der Waals surface area contributed by atoms with Crippen LogP contribution in [0.25, 0.3) is 0 Å². The molecule has 3 rings (SSSR count). The molecule has 2 heterocycles. The van der Waals surface area contributed by atoms with Gasteiger partial charge in [-0.3, -0.25) is 4.99 Å². The largest absolute Gasteiger partial charge is 0.356 e. The van der Waals surface area contributed by atoms with Gasteiger partial charge in [-0.15, -0.1) is 0 Å². The third kappa shape index (κ3) is 6.23. The lowest BCUT2D eigenvalue weighted by Gasteiger charge is -2.34. The van der Waals surface area contributed by atoms with Crippen LogP contribution in [0.1, 0.15) is 44.6 Å². The van der Waals surface area contributed by atoms with Gasteiger partial charge in [-0.2, -0.15) is 0 Å². The van der Waals surface area contributed by atoms with Crippen LogP contribution in [0.4, 0.5) is 5.82 Å². The van der Waals surface area contributed by atoms with Gasteiger partial charge < -0.3 is 20.4 Å². The highest BCUT2D eigenvalue weighted by Crippen LogP contribution is 2.19. The summed E-state index contributed by atoms with van der Waals surface area (Å²) < 4.78 is 0. The molecule has 1 aromatic heterocycles. The van der Waals surface area contributed by atoms with Crippen LogP contribution in [0.3, 0.4) is 0 Å². The van der Waals surface area contributed by atoms with Crippen molar-refractivity contribution in [2.24, 2.45) is 4.99 Å². The van der Waals surface area contributed by atoms with E-state index in [1.165, 1.54) is 31.2 Å². The lowest BCUT2D eigenvalue weighted by Crippen LogP contribution is -2.46. The molecule has 2 aliphatic rings. The van der Waals surface area contributed by atoms with Crippen molar-refractivity contribution in [1.29, 1.82) is 0 Å². The zero-order valence-corrected chi connectivity index (χ0v) is 17.6. The molecule has 1 saturated heterocycles. The van der Waals surface area contributed by atoms with Crippen molar-refractivity contribution >= 4 is 11.8 Å². The van der Waals surface area contributed by atoms with Crippen LogP contribution in [-0.2, 0) is 6.54 Å². The molecule has 1 aliphatic heterocycles. The molecule has 0 bridgehead atoms. The molecule has 6 nitrogen and oxygen atoms in total. The minimum atomic E-state index is 0.757. The minimum absolute atomic E-state index is 0.757. The van der Waals surface area contributed by atoms with E-state index in [-0.39, 0.29) is 0 Å². The maximum absolute atomic E-state index is 4.59. The molecule has 2 N–H and O–H groups in total. The number of hydrogen-bond donors (Lipinski definition) is 2. The van der Waals surface area contributed by atoms with E-state index in [0.29, 0.717) is 0 Å². The molecule has 0 radical (unpaired) electrons. The molecule has 0 amide bonds. The number of likely N-dealkylation sites (N-methyl/N-ethyl adjacent to an activating group) is 1. The Bertz CT molecular complexity index is 661. The summed E-state index contributed by atoms with van der Waals surface area (Å²) >= 11 is 0. The number of nitrogens with zero attached hydrogens (tertiary/aromatic N) is 4. The molecule has 28 heavy (non-hydrogen) atoms. The van der Waals surface area contributed by atoms with E-state index in [1.807, 2.05) is 13.2 Å². The first kappa shape index (κ1) is 20.6. The summed E-state index contributed by atoms with van der Waals surface area (Å²) in [7, 11) is 1.83. The number of aromatic nitrogens is 1. The van der Waals surface area contributed by atoms with Gasteiger partial charge in [0, 0.05) is 52.5 Å². The molecule has 0 saturated carbocycles. The maximum Gasteiger partial charge on any atom is 0.191 e. The molecule has 1 aliphatic carbocycles. The first-order chi connectivity index (χ1) is 13.8. The summed E-state index contributed by atoms with van der Waals surface area (Å²) in [6.45, 7) is 9.40. The van der Waals surface area contributed by atoms with Crippen LogP contribution in [0.5, 0.6) is 0 Å². The van der Waals surface area contributed by atoms with Crippen molar-refractivity contribution in [3.63, 3.8) is 0 Å². The summed E-state index contributed by atoms with van der Waals surface area (Å²) in [6, 6.07) is 4.29. The quantitative estimate of drug-likeness (QED) is 0.430. The molecule has 0 unspecified atom stereocenters. The summed E-state index contributed by atoms with van der Waals surface area (Å²) in [6.07, 6.45) is 10.7. The molecule has 1 aromatic rings. The van der Waals surface area contributed by atoms with Gasteiger partial charge in [0.15, 0.2) is 5.96 Å². The Hall–Kier alpha value is -2.08. The average Bonchev–Trinajstić information content (AvgIpc) is 2.77. The zero-order chi connectivity index (χ0) is 19.6. The van der Waals surface area contributed by atoms with Crippen LogP contribution in [-0.4, -0.2) is 62.2 Å². The highest BCUT2D eigenvalue weighted by Gasteiger charge is 2.16. The van der Waals surface area contributed by atoms with Crippen LogP contribution >= 0.6 is 0 Å². The molecular formula is C22H36N6. The Morgan fingerprint density at radius 2 is 2.04 bits per heavy atom. The molecule has 6 heteroatoms. The van der Waals surface area contributed by atoms with Crippen molar-refractivity contribution in [3.8, 4) is 0 Å². The van der Waals surface area contributed by atoms with E-state index in [9.17, 15) is 0 Å². The zero-order valence-electron chi connectivity index (χ0n) is 17.6. The van der Waals surface area contributed by atoms with Gasteiger partial charge in [-0.05, 0) is 56.3 Å². The van der Waals surface area contributed by atoms with Gasteiger partial charge in [0.05, 0.1) is 0 Å². The van der Waals surface area contributed by atoms with Crippen molar-refractivity contribution in [2.75, 3.05) is 51.2 Å². The van der Waals surface area contributed by atoms with Crippen LogP contribution in [0, 0.1) is 0 Å². The molecule has 1 fully saturated rings. The molecule has 154 valence electrons. The van der Waals surface area contributed by atoms with E-state index in [4.69, 9.17) is 0 Å². The number of aliphatic imine (C=N–C) groups is 1. The highest BCUT2D eigenvalue weighted by atomic mass is 15.3. The maximum atomic E-state index is 4.59. The average molecular weight is 385 g/mol. The Morgan fingerprint density at radius 1 is 1.18 bits per heavy atom. The number of piperazine rings is 1. The molecular weight excluding hydrogens is 348 g/mol. The first-order valence-corrected chi connectivity index (χ1v) is 10.8. The van der Waals surface area contributed by atoms with E-state index < -0.39 is 0 Å². The molecule has 0 aromatic carbocycles. The van der Waals surface area contributed by atoms with Gasteiger partial charge in [-0.1, -0.05) is 18.6 Å². The van der Waals surface area contributed by atoms with Gasteiger partial charge in [0.2, 0.25) is 0 Å². The van der Waals surface area contributed by atoms with Crippen molar-refractivity contribution in [1.82, 2.24) is 20.5 Å². The lowest BCUT2D eigenvalue weighted by atomic mass is 9.97. The predicted octanol–water partition coefficient (Wildman–Crippen LogP) is 2.78. The predicted molar refractivity (Wildman–Crippen MR) is 118 cm³/mol. The van der Waals surface area contributed by atoms with Gasteiger partial charge >= 0.3 is 0 Å². The van der Waals surface area contributed by atoms with E-state index in [1.54, 1.807) is 5.57 Å². The third-order valence-electron chi connectivity index (χ3n) is 5.76. The van der Waals surface area contributed by atoms with Crippen LogP contribution in [0.15, 0.2) is 35.0 Å². The summed E-state index contributed by atoms with van der Waals surface area (Å²) in [5, 5.41) is 6.88. The minimum Gasteiger partial charge on any atom is -0.356 e. The SMILES string of the molecule is CCN1CCN(c2cc(CNC(=NC)NCCC3=CCCCC3)ccn2)CC1. The van der Waals surface area contributed by atoms with Crippen molar-refractivity contribution in [3.05, 3.63) is 35.5 Å². The number of allylic oxidation sites excluding steroid dienone is 1. The number of hydrogen-bond acceptors (Lipinski definition) is 4. The van der Waals surface area contributed by atoms with E-state index in [0.717, 1.165) is 64.0 Å². The topological polar surface area (TPSA) is 55.8 Å². The smallest absolute Gasteiger partial charge is 0.191 e. The first-order valence-electron chi connectivity index (χ1n) is 10.8. The van der Waals surface area contributed by atoms with E-state index in [2.05, 4.69) is 55.5 Å². The summed E-state index contributed by atoms with van der Waals surface area (Å²) in [5.41, 5.74) is 2.83. The number of nitrogens with one attached hydrogen (secondary N) is 2. The fourth-order valence-electron chi connectivity index (χ4n) is 3.92. The van der Waals surface area contributed by atoms with Crippen LogP contribution < -0.4 is 15.5 Å². The van der Waals surface area contributed by atoms with Crippen molar-refractivity contribution < 1.29 is 0 Å². The monoisotopic (exact) mass is 384 g/mol. The normalized spacial score (nSPS) is 18.7. The lowest BCUT2D eigenvalue weighted by molar-refractivity contribution is 0.270. The van der Waals surface area contributed by atoms with Gasteiger partial charge in [0.1, 0.15) is 5.82 Å². The second-order valence-electron chi connectivity index (χ2n) is 7.65. The van der Waals surface area contributed by atoms with Crippen LogP contribution in [0.2, 0.25) is 0 Å². The Kier molecular flexibility index (Phi) is 8.15. The Balaban J connectivity index is 1.44. The third-order valence-corrected chi connectivity index (χ3v) is 5.76. The molecule has 0 spiro atoms. The van der Waals surface area contributed by atoms with Gasteiger partial charge in [0.25, 0.3) is 0 Å². The summed E-state index contributed by atoms with van der Waals surface area (Å²) in [5.74, 6) is 1.95. The van der Waals surface area contributed by atoms with Gasteiger partial charge in [-0.25, -0.2) is 4.98 Å². The summed E-state index contributed by atoms with van der Waals surface area (Å²) in [4.78, 5) is 13.8. The Morgan fingerprint density at radius 3 is 2.75 bits per heavy atom. The molecule has 0 atom stereocenters. The van der Waals surface area contributed by atoms with E-state index >= 15 is 0 Å². The fraction of sp³-hybridized carbons (Fsp3) is 0.636. The van der Waals surface area contributed by atoms with Crippen molar-refractivity contribution in [2.45, 2.75) is 45.6 Å². The second kappa shape index (κ2) is 11.1.